The average molecular weight is 343 g/mol. The number of ether oxygens (including phenoxy) is 2. The third kappa shape index (κ3) is 4.79. The van der Waals surface area contributed by atoms with Gasteiger partial charge in [0.25, 0.3) is 0 Å². The topological polar surface area (TPSA) is 38.8 Å². The maximum absolute atomic E-state index is 13.4. The van der Waals surface area contributed by atoms with Gasteiger partial charge in [-0.25, -0.2) is 4.39 Å². The van der Waals surface area contributed by atoms with Crippen molar-refractivity contribution < 1.29 is 18.7 Å². The molecule has 0 spiro atoms. The van der Waals surface area contributed by atoms with Gasteiger partial charge in [0.2, 0.25) is 0 Å². The molecule has 0 bridgehead atoms. The molecule has 1 aliphatic rings. The van der Waals surface area contributed by atoms with Crippen LogP contribution in [0, 0.1) is 5.82 Å². The highest BCUT2D eigenvalue weighted by atomic mass is 19.1. The Balaban J connectivity index is 1.66. The van der Waals surface area contributed by atoms with E-state index < -0.39 is 0 Å². The molecule has 0 aliphatic carbocycles. The predicted molar refractivity (Wildman–Crippen MR) is 92.9 cm³/mol. The Morgan fingerprint density at radius 2 is 2.08 bits per heavy atom. The Labute approximate surface area is 147 Å². The zero-order chi connectivity index (χ0) is 17.6. The Bertz CT molecular complexity index is 720. The van der Waals surface area contributed by atoms with Crippen molar-refractivity contribution in [2.24, 2.45) is 0 Å². The number of halogens is 1. The summed E-state index contributed by atoms with van der Waals surface area (Å²) in [7, 11) is 0. The average Bonchev–Trinajstić information content (AvgIpc) is 2.97. The van der Waals surface area contributed by atoms with Crippen LogP contribution in [0.1, 0.15) is 18.1 Å². The molecule has 0 radical (unpaired) electrons. The van der Waals surface area contributed by atoms with Crippen molar-refractivity contribution in [3.05, 3.63) is 65.5 Å². The number of carbonyl (C=O) groups excluding carboxylic acids is 1. The highest BCUT2D eigenvalue weighted by Crippen LogP contribution is 2.29. The molecule has 0 fully saturated rings. The number of fused-ring (bicyclic) bond motifs is 1. The van der Waals surface area contributed by atoms with Crippen molar-refractivity contribution in [2.45, 2.75) is 26.0 Å². The summed E-state index contributed by atoms with van der Waals surface area (Å²) in [5.41, 5.74) is 1.99. The summed E-state index contributed by atoms with van der Waals surface area (Å²) in [5.74, 6) is 0.220. The third-order valence-electron chi connectivity index (χ3n) is 4.13. The number of hydrogen-bond acceptors (Lipinski definition) is 4. The van der Waals surface area contributed by atoms with E-state index in [0.29, 0.717) is 26.1 Å². The van der Waals surface area contributed by atoms with E-state index in [4.69, 9.17) is 9.47 Å². The van der Waals surface area contributed by atoms with E-state index in [2.05, 4.69) is 0 Å². The Morgan fingerprint density at radius 1 is 1.28 bits per heavy atom. The minimum Gasteiger partial charge on any atom is -0.488 e. The van der Waals surface area contributed by atoms with Gasteiger partial charge in [-0.3, -0.25) is 9.69 Å². The third-order valence-corrected chi connectivity index (χ3v) is 4.13. The molecule has 1 heterocycles. The van der Waals surface area contributed by atoms with Crippen LogP contribution in [-0.4, -0.2) is 36.7 Å². The van der Waals surface area contributed by atoms with E-state index in [1.807, 2.05) is 35.2 Å². The van der Waals surface area contributed by atoms with Crippen LogP contribution >= 0.6 is 0 Å². The molecular formula is C20H22FNO3. The molecule has 0 aromatic heterocycles. The molecule has 132 valence electrons. The molecule has 3 rings (SSSR count). The second-order valence-electron chi connectivity index (χ2n) is 6.16. The van der Waals surface area contributed by atoms with E-state index in [9.17, 15) is 9.18 Å². The summed E-state index contributed by atoms with van der Waals surface area (Å²) < 4.78 is 24.4. The van der Waals surface area contributed by atoms with Gasteiger partial charge < -0.3 is 9.47 Å². The molecular weight excluding hydrogens is 321 g/mol. The monoisotopic (exact) mass is 343 g/mol. The molecule has 5 heteroatoms. The minimum absolute atomic E-state index is 0.102. The maximum Gasteiger partial charge on any atom is 0.320 e. The van der Waals surface area contributed by atoms with Crippen LogP contribution in [0.4, 0.5) is 4.39 Å². The summed E-state index contributed by atoms with van der Waals surface area (Å²) in [6.07, 6.45) is 0.538. The van der Waals surface area contributed by atoms with Crippen LogP contribution in [0.15, 0.2) is 48.5 Å². The lowest BCUT2D eigenvalue weighted by atomic mass is 10.1. The van der Waals surface area contributed by atoms with E-state index in [1.54, 1.807) is 13.0 Å². The number of carbonyl (C=O) groups is 1. The van der Waals surface area contributed by atoms with Crippen molar-refractivity contribution in [3.8, 4) is 5.75 Å². The van der Waals surface area contributed by atoms with Gasteiger partial charge >= 0.3 is 5.97 Å². The number of rotatable bonds is 7. The minimum atomic E-state index is -0.254. The van der Waals surface area contributed by atoms with Gasteiger partial charge in [0.05, 0.1) is 13.2 Å². The van der Waals surface area contributed by atoms with E-state index in [0.717, 1.165) is 16.9 Å². The van der Waals surface area contributed by atoms with Gasteiger partial charge in [0.15, 0.2) is 0 Å². The summed E-state index contributed by atoms with van der Waals surface area (Å²) in [5, 5.41) is 0. The molecule has 1 atom stereocenters. The predicted octanol–water partition coefficient (Wildman–Crippen LogP) is 3.19. The zero-order valence-electron chi connectivity index (χ0n) is 14.3. The first-order valence-electron chi connectivity index (χ1n) is 8.51. The van der Waals surface area contributed by atoms with Gasteiger partial charge in [-0.2, -0.15) is 0 Å². The first kappa shape index (κ1) is 17.4. The van der Waals surface area contributed by atoms with Gasteiger partial charge in [0.1, 0.15) is 17.7 Å². The normalized spacial score (nSPS) is 15.7. The number of hydrogen-bond donors (Lipinski definition) is 0. The van der Waals surface area contributed by atoms with Crippen LogP contribution in [0.5, 0.6) is 5.75 Å². The molecule has 25 heavy (non-hydrogen) atoms. The zero-order valence-corrected chi connectivity index (χ0v) is 14.3. The van der Waals surface area contributed by atoms with Crippen molar-refractivity contribution in [2.75, 3.05) is 19.7 Å². The molecule has 1 unspecified atom stereocenters. The SMILES string of the molecule is CCOC(=O)CN(Cc1ccccc1)CC1Cc2cc(F)ccc2O1. The van der Waals surface area contributed by atoms with Gasteiger partial charge in [0, 0.05) is 25.1 Å². The summed E-state index contributed by atoms with van der Waals surface area (Å²) in [4.78, 5) is 13.9. The van der Waals surface area contributed by atoms with Crippen molar-refractivity contribution in [1.82, 2.24) is 4.90 Å². The fraction of sp³-hybridized carbons (Fsp3) is 0.350. The Morgan fingerprint density at radius 3 is 2.84 bits per heavy atom. The molecule has 0 N–H and O–H groups in total. The first-order valence-corrected chi connectivity index (χ1v) is 8.51. The fourth-order valence-electron chi connectivity index (χ4n) is 3.09. The maximum atomic E-state index is 13.4. The quantitative estimate of drug-likeness (QED) is 0.724. The lowest BCUT2D eigenvalue weighted by Crippen LogP contribution is -2.38. The molecule has 2 aromatic carbocycles. The van der Waals surface area contributed by atoms with E-state index in [-0.39, 0.29) is 24.4 Å². The van der Waals surface area contributed by atoms with Crippen LogP contribution in [0.25, 0.3) is 0 Å². The molecule has 1 aliphatic heterocycles. The number of nitrogens with zero attached hydrogens (tertiary/aromatic N) is 1. The lowest BCUT2D eigenvalue weighted by molar-refractivity contribution is -0.144. The van der Waals surface area contributed by atoms with Crippen LogP contribution in [-0.2, 0) is 22.5 Å². The molecule has 0 amide bonds. The van der Waals surface area contributed by atoms with E-state index >= 15 is 0 Å². The lowest BCUT2D eigenvalue weighted by Gasteiger charge is -2.24. The second-order valence-corrected chi connectivity index (χ2v) is 6.16. The van der Waals surface area contributed by atoms with Crippen molar-refractivity contribution in [3.63, 3.8) is 0 Å². The number of benzene rings is 2. The molecule has 0 saturated heterocycles. The van der Waals surface area contributed by atoms with Crippen molar-refractivity contribution in [1.29, 1.82) is 0 Å². The molecule has 0 saturated carbocycles. The Kier molecular flexibility index (Phi) is 5.66. The first-order chi connectivity index (χ1) is 12.1. The highest BCUT2D eigenvalue weighted by molar-refractivity contribution is 5.71. The second kappa shape index (κ2) is 8.12. The number of esters is 1. The van der Waals surface area contributed by atoms with Crippen molar-refractivity contribution >= 4 is 5.97 Å². The highest BCUT2D eigenvalue weighted by Gasteiger charge is 2.26. The Hall–Kier alpha value is -2.40. The largest absolute Gasteiger partial charge is 0.488 e. The fourth-order valence-corrected chi connectivity index (χ4v) is 3.09. The van der Waals surface area contributed by atoms with E-state index in [1.165, 1.54) is 12.1 Å². The van der Waals surface area contributed by atoms with Crippen LogP contribution < -0.4 is 4.74 Å². The van der Waals surface area contributed by atoms with Crippen LogP contribution in [0.2, 0.25) is 0 Å². The summed E-state index contributed by atoms with van der Waals surface area (Å²) >= 11 is 0. The summed E-state index contributed by atoms with van der Waals surface area (Å²) in [6.45, 7) is 3.56. The molecule has 4 nitrogen and oxygen atoms in total. The summed E-state index contributed by atoms with van der Waals surface area (Å²) in [6, 6.07) is 14.5. The van der Waals surface area contributed by atoms with Gasteiger partial charge in [-0.1, -0.05) is 30.3 Å². The molecule has 2 aromatic rings. The van der Waals surface area contributed by atoms with Gasteiger partial charge in [-0.15, -0.1) is 0 Å². The van der Waals surface area contributed by atoms with Gasteiger partial charge in [-0.05, 0) is 30.7 Å². The smallest absolute Gasteiger partial charge is 0.320 e. The standard InChI is InChI=1S/C20H22FNO3/c1-2-24-20(23)14-22(12-15-6-4-3-5-7-15)13-18-11-16-10-17(21)8-9-19(16)25-18/h3-10,18H,2,11-14H2,1H3. The van der Waals surface area contributed by atoms with Crippen LogP contribution in [0.3, 0.4) is 0 Å².